The van der Waals surface area contributed by atoms with E-state index in [1.54, 1.807) is 18.2 Å². The Hall–Kier alpha value is -3.37. The quantitative estimate of drug-likeness (QED) is 0.406. The molecule has 0 unspecified atom stereocenters. The molecule has 3 aromatic rings. The van der Waals surface area contributed by atoms with Gasteiger partial charge in [0.1, 0.15) is 0 Å². The molecule has 1 N–H and O–H groups in total. The van der Waals surface area contributed by atoms with Gasteiger partial charge in [0.15, 0.2) is 0 Å². The molecular formula is C25H22ClNO3. The molecule has 0 aromatic heterocycles. The molecule has 152 valence electrons. The lowest BCUT2D eigenvalue weighted by Crippen LogP contribution is -2.27. The first kappa shape index (κ1) is 21.3. The second-order valence-electron chi connectivity index (χ2n) is 6.78. The molecule has 3 aromatic carbocycles. The van der Waals surface area contributed by atoms with E-state index >= 15 is 0 Å². The first-order valence-electron chi connectivity index (χ1n) is 9.50. The molecule has 0 spiro atoms. The van der Waals surface area contributed by atoms with Crippen molar-refractivity contribution in [2.24, 2.45) is 0 Å². The zero-order valence-electron chi connectivity index (χ0n) is 16.8. The summed E-state index contributed by atoms with van der Waals surface area (Å²) in [6.45, 7) is 1.90. The van der Waals surface area contributed by atoms with Crippen LogP contribution in [0.25, 0.3) is 12.2 Å². The van der Waals surface area contributed by atoms with Crippen molar-refractivity contribution < 1.29 is 14.3 Å². The number of carbonyl (C=O) groups excluding carboxylic acids is 2. The van der Waals surface area contributed by atoms with E-state index in [9.17, 15) is 9.59 Å². The largest absolute Gasteiger partial charge is 0.465 e. The van der Waals surface area contributed by atoms with E-state index in [0.29, 0.717) is 16.1 Å². The van der Waals surface area contributed by atoms with Crippen LogP contribution < -0.4 is 5.32 Å². The summed E-state index contributed by atoms with van der Waals surface area (Å²) < 4.78 is 4.71. The minimum Gasteiger partial charge on any atom is -0.465 e. The fraction of sp³-hybridized carbons (Fsp3) is 0.120. The Labute approximate surface area is 181 Å². The molecule has 3 rings (SSSR count). The molecule has 0 heterocycles. The Balaban J connectivity index is 1.74. The topological polar surface area (TPSA) is 55.4 Å². The number of ether oxygens (including phenoxy) is 1. The Bertz CT molecular complexity index is 1060. The van der Waals surface area contributed by atoms with Crippen molar-refractivity contribution in [1.82, 2.24) is 5.32 Å². The number of rotatable bonds is 6. The lowest BCUT2D eigenvalue weighted by molar-refractivity contribution is 0.0600. The van der Waals surface area contributed by atoms with Crippen molar-refractivity contribution in [3.05, 3.63) is 106 Å². The summed E-state index contributed by atoms with van der Waals surface area (Å²) in [4.78, 5) is 24.5. The lowest BCUT2D eigenvalue weighted by atomic mass is 10.0. The highest BCUT2D eigenvalue weighted by Gasteiger charge is 2.14. The van der Waals surface area contributed by atoms with E-state index in [-0.39, 0.29) is 17.9 Å². The van der Waals surface area contributed by atoms with Gasteiger partial charge in [-0.15, -0.1) is 0 Å². The van der Waals surface area contributed by atoms with Gasteiger partial charge in [0, 0.05) is 10.6 Å². The average molecular weight is 420 g/mol. The Morgan fingerprint density at radius 3 is 2.27 bits per heavy atom. The van der Waals surface area contributed by atoms with Crippen molar-refractivity contribution >= 4 is 35.6 Å². The minimum absolute atomic E-state index is 0.170. The molecule has 5 heteroatoms. The third-order valence-corrected chi connectivity index (χ3v) is 4.96. The summed E-state index contributed by atoms with van der Waals surface area (Å²) in [7, 11) is 1.35. The van der Waals surface area contributed by atoms with Crippen molar-refractivity contribution in [2.75, 3.05) is 7.11 Å². The van der Waals surface area contributed by atoms with Crippen LogP contribution in [0.4, 0.5) is 0 Å². The second kappa shape index (κ2) is 9.90. The number of methoxy groups -OCH3 is 1. The van der Waals surface area contributed by atoms with Gasteiger partial charge < -0.3 is 10.1 Å². The molecule has 0 fully saturated rings. The summed E-state index contributed by atoms with van der Waals surface area (Å²) in [6.07, 6.45) is 3.85. The fourth-order valence-electron chi connectivity index (χ4n) is 2.99. The number of carbonyl (C=O) groups is 2. The van der Waals surface area contributed by atoms with E-state index in [2.05, 4.69) is 5.32 Å². The summed E-state index contributed by atoms with van der Waals surface area (Å²) in [6, 6.07) is 21.7. The number of hydrogen-bond donors (Lipinski definition) is 1. The zero-order chi connectivity index (χ0) is 21.5. The van der Waals surface area contributed by atoms with Crippen molar-refractivity contribution in [1.29, 1.82) is 0 Å². The summed E-state index contributed by atoms with van der Waals surface area (Å²) in [5.41, 5.74) is 3.76. The van der Waals surface area contributed by atoms with Gasteiger partial charge >= 0.3 is 5.97 Å². The van der Waals surface area contributed by atoms with Gasteiger partial charge in [-0.05, 0) is 53.9 Å². The smallest absolute Gasteiger partial charge is 0.337 e. The predicted octanol–water partition coefficient (Wildman–Crippen LogP) is 5.79. The predicted molar refractivity (Wildman–Crippen MR) is 120 cm³/mol. The number of amides is 1. The molecule has 1 amide bonds. The minimum atomic E-state index is -0.389. The van der Waals surface area contributed by atoms with E-state index in [1.807, 2.05) is 73.7 Å². The van der Waals surface area contributed by atoms with Crippen molar-refractivity contribution in [3.8, 4) is 0 Å². The van der Waals surface area contributed by atoms with E-state index < -0.39 is 0 Å². The number of halogens is 1. The standard InChI is InChI=1S/C25H22ClNO3/c1-17(19-11-13-21(14-12-19)25(29)30-2)27-24(28)23-6-4-3-5-20(23)10-7-18-8-15-22(26)16-9-18/h3-17H,1-2H3,(H,27,28)/b10-7+/t17-/m0/s1. The van der Waals surface area contributed by atoms with Crippen LogP contribution in [0.15, 0.2) is 72.8 Å². The van der Waals surface area contributed by atoms with Gasteiger partial charge in [-0.1, -0.05) is 66.2 Å². The molecule has 0 bridgehead atoms. The summed E-state index contributed by atoms with van der Waals surface area (Å²) in [5.74, 6) is -0.560. The maximum atomic E-state index is 12.9. The molecule has 0 saturated carbocycles. The van der Waals surface area contributed by atoms with Crippen LogP contribution in [-0.4, -0.2) is 19.0 Å². The van der Waals surface area contributed by atoms with Crippen molar-refractivity contribution in [2.45, 2.75) is 13.0 Å². The highest BCUT2D eigenvalue weighted by molar-refractivity contribution is 6.30. The first-order valence-corrected chi connectivity index (χ1v) is 9.87. The van der Waals surface area contributed by atoms with Crippen LogP contribution in [0.1, 0.15) is 50.4 Å². The van der Waals surface area contributed by atoms with Crippen LogP contribution in [0.3, 0.4) is 0 Å². The number of benzene rings is 3. The SMILES string of the molecule is COC(=O)c1ccc([C@H](C)NC(=O)c2ccccc2/C=C/c2ccc(Cl)cc2)cc1. The fourth-order valence-corrected chi connectivity index (χ4v) is 3.12. The van der Waals surface area contributed by atoms with Crippen LogP contribution in [0, 0.1) is 0 Å². The third-order valence-electron chi connectivity index (χ3n) is 4.71. The van der Waals surface area contributed by atoms with Gasteiger partial charge in [-0.3, -0.25) is 4.79 Å². The molecule has 0 aliphatic carbocycles. The summed E-state index contributed by atoms with van der Waals surface area (Å²) in [5, 5.41) is 3.70. The van der Waals surface area contributed by atoms with Crippen LogP contribution in [-0.2, 0) is 4.74 Å². The van der Waals surface area contributed by atoms with Crippen molar-refractivity contribution in [3.63, 3.8) is 0 Å². The summed E-state index contributed by atoms with van der Waals surface area (Å²) >= 11 is 5.93. The third kappa shape index (κ3) is 5.37. The molecule has 0 aliphatic heterocycles. The Morgan fingerprint density at radius 2 is 1.60 bits per heavy atom. The van der Waals surface area contributed by atoms with Gasteiger partial charge in [0.05, 0.1) is 18.7 Å². The molecular weight excluding hydrogens is 398 g/mol. The first-order chi connectivity index (χ1) is 14.5. The van der Waals surface area contributed by atoms with Crippen LogP contribution >= 0.6 is 11.6 Å². The number of hydrogen-bond acceptors (Lipinski definition) is 3. The van der Waals surface area contributed by atoms with E-state index in [4.69, 9.17) is 16.3 Å². The average Bonchev–Trinajstić information content (AvgIpc) is 2.78. The maximum Gasteiger partial charge on any atom is 0.337 e. The van der Waals surface area contributed by atoms with Crippen LogP contribution in [0.2, 0.25) is 5.02 Å². The Kier molecular flexibility index (Phi) is 7.04. The second-order valence-corrected chi connectivity index (χ2v) is 7.22. The highest BCUT2D eigenvalue weighted by atomic mass is 35.5. The normalized spacial score (nSPS) is 11.8. The lowest BCUT2D eigenvalue weighted by Gasteiger charge is -2.16. The van der Waals surface area contributed by atoms with Gasteiger partial charge in [0.2, 0.25) is 0 Å². The van der Waals surface area contributed by atoms with Gasteiger partial charge in [-0.2, -0.15) is 0 Å². The molecule has 4 nitrogen and oxygen atoms in total. The van der Waals surface area contributed by atoms with Gasteiger partial charge in [-0.25, -0.2) is 4.79 Å². The molecule has 30 heavy (non-hydrogen) atoms. The van der Waals surface area contributed by atoms with E-state index in [1.165, 1.54) is 7.11 Å². The zero-order valence-corrected chi connectivity index (χ0v) is 17.5. The van der Waals surface area contributed by atoms with E-state index in [0.717, 1.165) is 16.7 Å². The molecule has 0 saturated heterocycles. The number of nitrogens with one attached hydrogen (secondary N) is 1. The highest BCUT2D eigenvalue weighted by Crippen LogP contribution is 2.18. The monoisotopic (exact) mass is 419 g/mol. The van der Waals surface area contributed by atoms with Gasteiger partial charge in [0.25, 0.3) is 5.91 Å². The van der Waals surface area contributed by atoms with Crippen LogP contribution in [0.5, 0.6) is 0 Å². The maximum absolute atomic E-state index is 12.9. The Morgan fingerprint density at radius 1 is 0.933 bits per heavy atom. The molecule has 0 aliphatic rings. The number of esters is 1. The molecule has 1 atom stereocenters. The molecule has 0 radical (unpaired) electrons.